The van der Waals surface area contributed by atoms with Crippen molar-refractivity contribution in [2.24, 2.45) is 5.41 Å². The molecule has 2 aromatic carbocycles. The molecule has 41 heavy (non-hydrogen) atoms. The van der Waals surface area contributed by atoms with Crippen LogP contribution in [0.25, 0.3) is 0 Å². The van der Waals surface area contributed by atoms with E-state index in [0.717, 1.165) is 0 Å². The van der Waals surface area contributed by atoms with Crippen molar-refractivity contribution in [1.29, 1.82) is 0 Å². The number of benzene rings is 2. The van der Waals surface area contributed by atoms with Crippen LogP contribution in [0.4, 0.5) is 0 Å². The number of halogens is 1. The zero-order valence-corrected chi connectivity index (χ0v) is 24.4. The van der Waals surface area contributed by atoms with Gasteiger partial charge in [-0.15, -0.1) is 0 Å². The number of ether oxygens (including phenoxy) is 6. The smallest absolute Gasteiger partial charge is 0.460 e. The van der Waals surface area contributed by atoms with Gasteiger partial charge in [-0.1, -0.05) is 13.8 Å². The number of esters is 2. The summed E-state index contributed by atoms with van der Waals surface area (Å²) in [6.45, 7) is 8.85. The van der Waals surface area contributed by atoms with Gasteiger partial charge < -0.3 is 37.7 Å². The van der Waals surface area contributed by atoms with Crippen molar-refractivity contribution < 1.29 is 56.9 Å². The first-order chi connectivity index (χ1) is 19.6. The summed E-state index contributed by atoms with van der Waals surface area (Å²) in [5.74, 6) is 0.156. The van der Waals surface area contributed by atoms with Crippen LogP contribution < -0.4 is 24.4 Å². The maximum absolute atomic E-state index is 11.8. The molecule has 0 aliphatic carbocycles. The topological polar surface area (TPSA) is 142 Å². The number of carbonyl (C=O) groups excluding carboxylic acids is 4. The van der Waals surface area contributed by atoms with Gasteiger partial charge in [0.05, 0.1) is 17.7 Å². The lowest BCUT2D eigenvalue weighted by atomic mass is 9.72. The van der Waals surface area contributed by atoms with Crippen molar-refractivity contribution in [2.45, 2.75) is 40.3 Å². The molecule has 12 nitrogen and oxygen atoms in total. The van der Waals surface area contributed by atoms with Crippen molar-refractivity contribution in [2.75, 3.05) is 26.4 Å². The second-order valence-electron chi connectivity index (χ2n) is 9.68. The molecule has 0 N–H and O–H groups in total. The lowest BCUT2D eigenvalue weighted by Crippen LogP contribution is -2.49. The van der Waals surface area contributed by atoms with Gasteiger partial charge in [0.1, 0.15) is 6.29 Å². The van der Waals surface area contributed by atoms with Crippen molar-refractivity contribution in [1.82, 2.24) is 0 Å². The van der Waals surface area contributed by atoms with E-state index in [1.165, 1.54) is 0 Å². The van der Waals surface area contributed by atoms with Crippen LogP contribution in [-0.2, 0) is 28.4 Å². The first-order valence-electron chi connectivity index (χ1n) is 12.7. The minimum atomic E-state index is -1.19. The first kappa shape index (κ1) is 30.3. The Hall–Kier alpha value is -3.62. The molecular weight excluding hydrogens is 607 g/mol. The van der Waals surface area contributed by atoms with Gasteiger partial charge in [0.15, 0.2) is 29.3 Å². The van der Waals surface area contributed by atoms with Gasteiger partial charge in [0, 0.05) is 35.2 Å². The number of aldehydes is 2. The third-order valence-corrected chi connectivity index (χ3v) is 6.72. The van der Waals surface area contributed by atoms with Gasteiger partial charge in [-0.05, 0) is 54.0 Å². The largest absolute Gasteiger partial charge is 0.498 e. The van der Waals surface area contributed by atoms with Crippen molar-refractivity contribution >= 4 is 53.0 Å². The van der Waals surface area contributed by atoms with E-state index in [2.05, 4.69) is 15.9 Å². The summed E-state index contributed by atoms with van der Waals surface area (Å²) >= 11 is 3.22. The quantitative estimate of drug-likeness (QED) is 0.251. The normalized spacial score (nSPS) is 19.5. The van der Waals surface area contributed by atoms with Gasteiger partial charge >= 0.3 is 31.6 Å². The molecule has 3 heterocycles. The Morgan fingerprint density at radius 1 is 0.854 bits per heavy atom. The monoisotopic (exact) mass is 634 g/mol. The average Bonchev–Trinajstić information content (AvgIpc) is 3.59. The summed E-state index contributed by atoms with van der Waals surface area (Å²) in [5, 5.41) is 0. The molecule has 3 aliphatic rings. The molecule has 0 spiro atoms. The fraction of sp³-hybridized carbons (Fsp3) is 0.407. The van der Waals surface area contributed by atoms with Gasteiger partial charge in [-0.25, -0.2) is 9.59 Å². The Morgan fingerprint density at radius 3 is 1.85 bits per heavy atom. The molecule has 14 heteroatoms. The number of hydrogen-bond acceptors (Lipinski definition) is 12. The number of hydrogen-bond donors (Lipinski definition) is 0. The predicted molar refractivity (Wildman–Crippen MR) is 146 cm³/mol. The fourth-order valence-corrected chi connectivity index (χ4v) is 4.48. The molecule has 0 saturated carbocycles. The van der Waals surface area contributed by atoms with Crippen LogP contribution in [-0.4, -0.2) is 70.6 Å². The molecule has 5 rings (SSSR count). The third-order valence-electron chi connectivity index (χ3n) is 5.90. The van der Waals surface area contributed by atoms with Crippen molar-refractivity contribution in [3.8, 4) is 23.0 Å². The number of fused-ring (bicyclic) bond motifs is 2. The lowest BCUT2D eigenvalue weighted by Gasteiger charge is -2.33. The zero-order valence-electron chi connectivity index (χ0n) is 22.8. The van der Waals surface area contributed by atoms with E-state index in [0.29, 0.717) is 64.1 Å². The SMILES string of the molecule is CCOC(=O)C1Oc2ccc(C=O)c(B3OCC(C)(C)CO3)c2O1.CCOC(=O)C1Oc2ccc(C=O)c(Br)c2O1. The van der Waals surface area contributed by atoms with Crippen LogP contribution in [0.3, 0.4) is 0 Å². The molecule has 2 atom stereocenters. The minimum Gasteiger partial charge on any atom is -0.460 e. The van der Waals surface area contributed by atoms with E-state index in [1.807, 2.05) is 13.8 Å². The summed E-state index contributed by atoms with van der Waals surface area (Å²) in [5.41, 5.74) is 1.12. The number of carbonyl (C=O) groups is 4. The second kappa shape index (κ2) is 12.9. The van der Waals surface area contributed by atoms with E-state index < -0.39 is 31.6 Å². The second-order valence-corrected chi connectivity index (χ2v) is 10.5. The van der Waals surface area contributed by atoms with E-state index in [1.54, 1.807) is 38.1 Å². The molecule has 2 unspecified atom stereocenters. The highest BCUT2D eigenvalue weighted by molar-refractivity contribution is 9.10. The van der Waals surface area contributed by atoms with Gasteiger partial charge in [-0.2, -0.15) is 0 Å². The molecule has 2 aromatic rings. The van der Waals surface area contributed by atoms with Gasteiger partial charge in [-0.3, -0.25) is 9.59 Å². The van der Waals surface area contributed by atoms with Crippen LogP contribution in [0.1, 0.15) is 48.4 Å². The van der Waals surface area contributed by atoms with Crippen molar-refractivity contribution in [3.63, 3.8) is 0 Å². The maximum Gasteiger partial charge on any atom is 0.498 e. The highest BCUT2D eigenvalue weighted by Crippen LogP contribution is 2.42. The lowest BCUT2D eigenvalue weighted by molar-refractivity contribution is -0.162. The maximum atomic E-state index is 11.8. The molecule has 0 amide bonds. The standard InChI is InChI=1S/C16H19BO7.C11H9BrO5/c1-4-20-14(19)15-23-11-6-5-10(7-18)12(13(11)24-15)17-21-8-16(2,3)9-22-17;1-2-15-10(14)11-16-7-4-3-6(5-13)8(12)9(7)17-11/h5-7,15H,4,8-9H2,1-3H3;3-5,11H,2H2,1H3. The summed E-state index contributed by atoms with van der Waals surface area (Å²) < 4.78 is 43.3. The fourth-order valence-electron chi connectivity index (χ4n) is 3.97. The molecule has 0 aromatic heterocycles. The van der Waals surface area contributed by atoms with Crippen LogP contribution in [0.5, 0.6) is 23.0 Å². The summed E-state index contributed by atoms with van der Waals surface area (Å²) in [6.07, 6.45) is -0.919. The molecule has 0 radical (unpaired) electrons. The van der Waals surface area contributed by atoms with E-state index in [9.17, 15) is 19.2 Å². The van der Waals surface area contributed by atoms with Crippen LogP contribution in [0, 0.1) is 5.41 Å². The number of rotatable bonds is 7. The highest BCUT2D eigenvalue weighted by atomic mass is 79.9. The van der Waals surface area contributed by atoms with Crippen LogP contribution >= 0.6 is 15.9 Å². The molecule has 1 fully saturated rings. The molecular formula is C27H28BBrO12. The zero-order chi connectivity index (χ0) is 29.7. The van der Waals surface area contributed by atoms with E-state index >= 15 is 0 Å². The Bertz CT molecular complexity index is 1320. The Balaban J connectivity index is 0.000000201. The molecule has 0 bridgehead atoms. The Kier molecular flexibility index (Phi) is 9.56. The van der Waals surface area contributed by atoms with E-state index in [-0.39, 0.29) is 24.4 Å². The van der Waals surface area contributed by atoms with Gasteiger partial charge in [0.25, 0.3) is 0 Å². The van der Waals surface area contributed by atoms with Crippen LogP contribution in [0.2, 0.25) is 0 Å². The summed E-state index contributed by atoms with van der Waals surface area (Å²) in [4.78, 5) is 45.4. The minimum absolute atomic E-state index is 0.110. The average molecular weight is 635 g/mol. The third kappa shape index (κ3) is 6.66. The summed E-state index contributed by atoms with van der Waals surface area (Å²) in [7, 11) is -0.752. The van der Waals surface area contributed by atoms with Crippen molar-refractivity contribution in [3.05, 3.63) is 39.9 Å². The molecule has 1 saturated heterocycles. The summed E-state index contributed by atoms with van der Waals surface area (Å²) in [6, 6.07) is 6.31. The predicted octanol–water partition coefficient (Wildman–Crippen LogP) is 2.85. The van der Waals surface area contributed by atoms with Crippen LogP contribution in [0.15, 0.2) is 28.7 Å². The Morgan fingerprint density at radius 2 is 1.34 bits per heavy atom. The van der Waals surface area contributed by atoms with Gasteiger partial charge in [0.2, 0.25) is 0 Å². The Labute approximate surface area is 244 Å². The first-order valence-corrected chi connectivity index (χ1v) is 13.5. The molecule has 218 valence electrons. The highest BCUT2D eigenvalue weighted by Gasteiger charge is 2.42. The van der Waals surface area contributed by atoms with E-state index in [4.69, 9.17) is 37.7 Å². The molecule has 3 aliphatic heterocycles.